The number of amides is 3. The van der Waals surface area contributed by atoms with Crippen LogP contribution in [0.5, 0.6) is 0 Å². The Labute approximate surface area is 278 Å². The normalized spacial score (nSPS) is 11.8. The Balaban J connectivity index is 1.20. The first kappa shape index (κ1) is 31.9. The highest BCUT2D eigenvalue weighted by atomic mass is 79.9. The van der Waals surface area contributed by atoms with Gasteiger partial charge in [-0.1, -0.05) is 76.1 Å². The predicted molar refractivity (Wildman–Crippen MR) is 187 cm³/mol. The number of nitrogens with one attached hydrogen (secondary N) is 3. The number of rotatable bonds is 10. The van der Waals surface area contributed by atoms with Gasteiger partial charge in [0.05, 0.1) is 10.9 Å². The van der Waals surface area contributed by atoms with Crippen LogP contribution in [0.15, 0.2) is 124 Å². The molecule has 0 spiro atoms. The molecular formula is C35H29BrN4O3S2. The zero-order valence-electron chi connectivity index (χ0n) is 24.4. The molecule has 0 bridgehead atoms. The van der Waals surface area contributed by atoms with Gasteiger partial charge in [-0.2, -0.15) is 0 Å². The van der Waals surface area contributed by atoms with E-state index in [2.05, 4.69) is 36.9 Å². The Morgan fingerprint density at radius 2 is 1.56 bits per heavy atom. The van der Waals surface area contributed by atoms with Crippen molar-refractivity contribution >= 4 is 73.6 Å². The van der Waals surface area contributed by atoms with E-state index in [4.69, 9.17) is 0 Å². The van der Waals surface area contributed by atoms with Gasteiger partial charge in [0.25, 0.3) is 11.8 Å². The van der Waals surface area contributed by atoms with Gasteiger partial charge in [0.1, 0.15) is 5.70 Å². The van der Waals surface area contributed by atoms with Crippen molar-refractivity contribution < 1.29 is 14.4 Å². The highest BCUT2D eigenvalue weighted by molar-refractivity contribution is 9.10. The Hall–Kier alpha value is -4.51. The van der Waals surface area contributed by atoms with Crippen molar-refractivity contribution in [1.29, 1.82) is 0 Å². The summed E-state index contributed by atoms with van der Waals surface area (Å²) in [6, 6.07) is 31.4. The number of benzene rings is 4. The van der Waals surface area contributed by atoms with E-state index in [1.807, 2.05) is 86.0 Å². The molecule has 3 N–H and O–H groups in total. The molecule has 45 heavy (non-hydrogen) atoms. The second-order valence-electron chi connectivity index (χ2n) is 10.1. The van der Waals surface area contributed by atoms with Crippen molar-refractivity contribution in [2.24, 2.45) is 0 Å². The lowest BCUT2D eigenvalue weighted by Gasteiger charge is -2.13. The Morgan fingerprint density at radius 1 is 0.867 bits per heavy atom. The average Bonchev–Trinajstić information content (AvgIpc) is 3.51. The smallest absolute Gasteiger partial charge is 0.272 e. The van der Waals surface area contributed by atoms with Gasteiger partial charge in [-0.15, -0.1) is 23.1 Å². The molecule has 0 aliphatic heterocycles. The maximum absolute atomic E-state index is 13.3. The lowest BCUT2D eigenvalue weighted by Crippen LogP contribution is -2.30. The predicted octanol–water partition coefficient (Wildman–Crippen LogP) is 8.41. The van der Waals surface area contributed by atoms with Gasteiger partial charge in [0, 0.05) is 31.6 Å². The second-order valence-corrected chi connectivity index (χ2v) is 13.2. The molecule has 5 rings (SSSR count). The van der Waals surface area contributed by atoms with Gasteiger partial charge in [0.15, 0.2) is 5.13 Å². The lowest BCUT2D eigenvalue weighted by molar-refractivity contribution is -0.115. The summed E-state index contributed by atoms with van der Waals surface area (Å²) in [4.78, 5) is 44.5. The van der Waals surface area contributed by atoms with Crippen LogP contribution in [0.2, 0.25) is 0 Å². The van der Waals surface area contributed by atoms with E-state index in [1.54, 1.807) is 42.5 Å². The summed E-state index contributed by atoms with van der Waals surface area (Å²) in [5.41, 5.74) is 4.75. The number of carbonyl (C=O) groups is 3. The largest absolute Gasteiger partial charge is 0.321 e. The number of aryl methyl sites for hydroxylation is 1. The van der Waals surface area contributed by atoms with Crippen LogP contribution in [0.25, 0.3) is 17.3 Å². The molecule has 0 radical (unpaired) electrons. The summed E-state index contributed by atoms with van der Waals surface area (Å²) in [7, 11) is 0. The third-order valence-electron chi connectivity index (χ3n) is 6.59. The molecule has 0 saturated heterocycles. The van der Waals surface area contributed by atoms with Crippen molar-refractivity contribution in [1.82, 2.24) is 10.3 Å². The summed E-state index contributed by atoms with van der Waals surface area (Å²) in [6.45, 7) is 3.81. The molecule has 7 nitrogen and oxygen atoms in total. The van der Waals surface area contributed by atoms with Crippen molar-refractivity contribution in [2.75, 3.05) is 10.6 Å². The van der Waals surface area contributed by atoms with Gasteiger partial charge in [-0.05, 0) is 74.0 Å². The van der Waals surface area contributed by atoms with Crippen LogP contribution in [0.4, 0.5) is 10.8 Å². The quantitative estimate of drug-likeness (QED) is 0.101. The number of thiazole rings is 1. The van der Waals surface area contributed by atoms with E-state index in [0.29, 0.717) is 16.4 Å². The molecule has 4 aromatic carbocycles. The number of carbonyl (C=O) groups excluding carboxylic acids is 3. The summed E-state index contributed by atoms with van der Waals surface area (Å²) in [5.74, 6) is -1.00. The molecule has 1 aromatic heterocycles. The number of halogens is 1. The first-order chi connectivity index (χ1) is 21.7. The molecule has 1 unspecified atom stereocenters. The maximum Gasteiger partial charge on any atom is 0.272 e. The van der Waals surface area contributed by atoms with Crippen LogP contribution < -0.4 is 16.0 Å². The molecule has 0 saturated carbocycles. The molecule has 0 fully saturated rings. The fourth-order valence-electron chi connectivity index (χ4n) is 4.14. The van der Waals surface area contributed by atoms with Crippen molar-refractivity contribution in [2.45, 2.75) is 24.0 Å². The summed E-state index contributed by atoms with van der Waals surface area (Å²) in [5, 5.41) is 10.6. The third-order valence-corrected chi connectivity index (χ3v) is 8.98. The minimum atomic E-state index is -0.459. The maximum atomic E-state index is 13.3. The molecule has 0 aliphatic carbocycles. The number of hydrogen-bond acceptors (Lipinski definition) is 6. The Kier molecular flexibility index (Phi) is 10.6. The zero-order chi connectivity index (χ0) is 31.8. The number of aromatic nitrogens is 1. The Morgan fingerprint density at radius 3 is 2.24 bits per heavy atom. The van der Waals surface area contributed by atoms with Gasteiger partial charge >= 0.3 is 0 Å². The van der Waals surface area contributed by atoms with E-state index in [1.165, 1.54) is 23.1 Å². The van der Waals surface area contributed by atoms with E-state index in [-0.39, 0.29) is 22.8 Å². The van der Waals surface area contributed by atoms with Gasteiger partial charge in [-0.25, -0.2) is 4.98 Å². The highest BCUT2D eigenvalue weighted by Gasteiger charge is 2.18. The lowest BCUT2D eigenvalue weighted by atomic mass is 10.1. The highest BCUT2D eigenvalue weighted by Crippen LogP contribution is 2.29. The number of anilines is 2. The van der Waals surface area contributed by atoms with Crippen molar-refractivity contribution in [3.05, 3.63) is 135 Å². The molecule has 10 heteroatoms. The first-order valence-electron chi connectivity index (χ1n) is 14.0. The Bertz CT molecular complexity index is 1820. The van der Waals surface area contributed by atoms with Crippen LogP contribution in [-0.4, -0.2) is 28.0 Å². The summed E-state index contributed by atoms with van der Waals surface area (Å²) >= 11 is 6.21. The standard InChI is InChI=1S/C35H29BrN4O3S2/c1-22-8-10-24(11-9-22)20-30(38-33(42)26-6-4-3-5-7-26)34(43)37-28-16-18-29(19-17-28)45-23(2)32(41)40-35-39-31(21-44-35)25-12-14-27(36)15-13-25/h3-21,23H,1-2H3,(H,37,43)(H,38,42)(H,39,40,41)/b30-20-. The van der Waals surface area contributed by atoms with Crippen LogP contribution in [0.1, 0.15) is 28.4 Å². The van der Waals surface area contributed by atoms with Crippen molar-refractivity contribution in [3.8, 4) is 11.3 Å². The van der Waals surface area contributed by atoms with Gasteiger partial charge in [0.2, 0.25) is 5.91 Å². The molecule has 0 aliphatic rings. The van der Waals surface area contributed by atoms with Gasteiger partial charge < -0.3 is 16.0 Å². The molecular weight excluding hydrogens is 668 g/mol. The number of thioether (sulfide) groups is 1. The zero-order valence-corrected chi connectivity index (χ0v) is 27.6. The topological polar surface area (TPSA) is 100 Å². The number of nitrogens with zero attached hydrogens (tertiary/aromatic N) is 1. The van der Waals surface area contributed by atoms with Crippen molar-refractivity contribution in [3.63, 3.8) is 0 Å². The van der Waals surface area contributed by atoms with E-state index in [9.17, 15) is 14.4 Å². The summed E-state index contributed by atoms with van der Waals surface area (Å²) < 4.78 is 0.989. The second kappa shape index (κ2) is 15.0. The van der Waals surface area contributed by atoms with E-state index < -0.39 is 5.91 Å². The minimum absolute atomic E-state index is 0.113. The average molecular weight is 698 g/mol. The first-order valence-corrected chi connectivity index (χ1v) is 16.5. The summed E-state index contributed by atoms with van der Waals surface area (Å²) in [6.07, 6.45) is 1.64. The molecule has 226 valence electrons. The van der Waals surface area contributed by atoms with Crippen LogP contribution in [-0.2, 0) is 9.59 Å². The molecule has 3 amide bonds. The van der Waals surface area contributed by atoms with Crippen LogP contribution >= 0.6 is 39.0 Å². The molecule has 1 heterocycles. The minimum Gasteiger partial charge on any atom is -0.321 e. The fraction of sp³-hybridized carbons (Fsp3) is 0.0857. The SMILES string of the molecule is Cc1ccc(/C=C(\NC(=O)c2ccccc2)C(=O)Nc2ccc(SC(C)C(=O)Nc3nc(-c4ccc(Br)cc4)cs3)cc2)cc1. The fourth-order valence-corrected chi connectivity index (χ4v) is 5.99. The van der Waals surface area contributed by atoms with E-state index in [0.717, 1.165) is 31.8 Å². The van der Waals surface area contributed by atoms with Crippen LogP contribution in [0, 0.1) is 6.92 Å². The van der Waals surface area contributed by atoms with E-state index >= 15 is 0 Å². The third kappa shape index (κ3) is 9.01. The monoisotopic (exact) mass is 696 g/mol. The van der Waals surface area contributed by atoms with Gasteiger partial charge in [-0.3, -0.25) is 14.4 Å². The molecule has 5 aromatic rings. The van der Waals surface area contributed by atoms with Crippen LogP contribution in [0.3, 0.4) is 0 Å². The number of hydrogen-bond donors (Lipinski definition) is 3. The molecule has 1 atom stereocenters.